The first kappa shape index (κ1) is 16.3. The second kappa shape index (κ2) is 6.78. The van der Waals surface area contributed by atoms with Gasteiger partial charge in [-0.25, -0.2) is 4.98 Å². The Morgan fingerprint density at radius 1 is 1.27 bits per heavy atom. The van der Waals surface area contributed by atoms with E-state index in [1.54, 1.807) is 24.3 Å². The van der Waals surface area contributed by atoms with E-state index in [4.69, 9.17) is 5.73 Å². The zero-order valence-electron chi connectivity index (χ0n) is 11.5. The highest BCUT2D eigenvalue weighted by Crippen LogP contribution is 2.29. The first-order chi connectivity index (χ1) is 10.3. The number of thiazole rings is 1. The van der Waals surface area contributed by atoms with Crippen LogP contribution in [0.5, 0.6) is 0 Å². The molecule has 8 heteroatoms. The standard InChI is InChI=1S/C14H14F3N3OS/c15-14(16,17)11-8-22-13(20-11)5-6-19-12(21)7-9-1-3-10(18)4-2-9/h1-4,8H,5-7,18H2,(H,19,21). The van der Waals surface area contributed by atoms with Gasteiger partial charge >= 0.3 is 6.18 Å². The maximum Gasteiger partial charge on any atom is 0.434 e. The Labute approximate surface area is 129 Å². The molecule has 1 aromatic carbocycles. The summed E-state index contributed by atoms with van der Waals surface area (Å²) in [6.07, 6.45) is -3.95. The van der Waals surface area contributed by atoms with Gasteiger partial charge in [-0.3, -0.25) is 4.79 Å². The Bertz CT molecular complexity index is 638. The van der Waals surface area contributed by atoms with Gasteiger partial charge in [0.05, 0.1) is 11.4 Å². The number of amides is 1. The van der Waals surface area contributed by atoms with Crippen LogP contribution in [0.15, 0.2) is 29.6 Å². The van der Waals surface area contributed by atoms with Crippen LogP contribution in [0.3, 0.4) is 0 Å². The van der Waals surface area contributed by atoms with Crippen molar-refractivity contribution < 1.29 is 18.0 Å². The maximum atomic E-state index is 12.4. The molecule has 0 saturated heterocycles. The summed E-state index contributed by atoms with van der Waals surface area (Å²) < 4.78 is 37.2. The van der Waals surface area contributed by atoms with Gasteiger partial charge in [-0.15, -0.1) is 11.3 Å². The molecule has 2 aromatic rings. The van der Waals surface area contributed by atoms with Crippen molar-refractivity contribution in [3.63, 3.8) is 0 Å². The van der Waals surface area contributed by atoms with E-state index in [0.29, 0.717) is 10.7 Å². The van der Waals surface area contributed by atoms with E-state index in [-0.39, 0.29) is 25.3 Å². The van der Waals surface area contributed by atoms with Crippen molar-refractivity contribution in [3.8, 4) is 0 Å². The highest BCUT2D eigenvalue weighted by atomic mass is 32.1. The van der Waals surface area contributed by atoms with Crippen molar-refractivity contribution >= 4 is 22.9 Å². The predicted octanol–water partition coefficient (Wildman–Crippen LogP) is 2.65. The Kier molecular flexibility index (Phi) is 5.02. The molecule has 0 bridgehead atoms. The zero-order chi connectivity index (χ0) is 16.2. The lowest BCUT2D eigenvalue weighted by Crippen LogP contribution is -2.27. The number of rotatable bonds is 5. The van der Waals surface area contributed by atoms with Gasteiger partial charge < -0.3 is 11.1 Å². The molecule has 22 heavy (non-hydrogen) atoms. The third-order valence-electron chi connectivity index (χ3n) is 2.85. The highest BCUT2D eigenvalue weighted by Gasteiger charge is 2.33. The van der Waals surface area contributed by atoms with E-state index in [1.165, 1.54) is 0 Å². The van der Waals surface area contributed by atoms with Crippen molar-refractivity contribution in [2.24, 2.45) is 0 Å². The molecule has 0 fully saturated rings. The van der Waals surface area contributed by atoms with Gasteiger partial charge in [-0.05, 0) is 17.7 Å². The van der Waals surface area contributed by atoms with Gasteiger partial charge in [0.15, 0.2) is 5.69 Å². The third kappa shape index (κ3) is 4.73. The monoisotopic (exact) mass is 329 g/mol. The second-order valence-electron chi connectivity index (χ2n) is 4.64. The number of halogens is 3. The van der Waals surface area contributed by atoms with Crippen LogP contribution in [0.25, 0.3) is 0 Å². The summed E-state index contributed by atoms with van der Waals surface area (Å²) in [7, 11) is 0. The summed E-state index contributed by atoms with van der Waals surface area (Å²) in [5.74, 6) is -0.197. The number of carbonyl (C=O) groups excluding carboxylic acids is 1. The summed E-state index contributed by atoms with van der Waals surface area (Å²) in [6.45, 7) is 0.249. The number of carbonyl (C=O) groups is 1. The first-order valence-electron chi connectivity index (χ1n) is 6.47. The molecular formula is C14H14F3N3OS. The minimum atomic E-state index is -4.42. The second-order valence-corrected chi connectivity index (χ2v) is 5.59. The van der Waals surface area contributed by atoms with Crippen LogP contribution < -0.4 is 11.1 Å². The molecule has 0 radical (unpaired) electrons. The number of aromatic nitrogens is 1. The molecule has 118 valence electrons. The van der Waals surface area contributed by atoms with Gasteiger partial charge in [0.2, 0.25) is 5.91 Å². The van der Waals surface area contributed by atoms with Crippen LogP contribution in [-0.2, 0) is 23.8 Å². The molecule has 2 rings (SSSR count). The average Bonchev–Trinajstić information content (AvgIpc) is 2.90. The molecule has 4 nitrogen and oxygen atoms in total. The van der Waals surface area contributed by atoms with Crippen LogP contribution in [0.4, 0.5) is 18.9 Å². The number of nitrogens with zero attached hydrogens (tertiary/aromatic N) is 1. The van der Waals surface area contributed by atoms with Gasteiger partial charge in [0, 0.05) is 24.0 Å². The van der Waals surface area contributed by atoms with Crippen molar-refractivity contribution in [2.45, 2.75) is 19.0 Å². The van der Waals surface area contributed by atoms with E-state index < -0.39 is 11.9 Å². The number of anilines is 1. The van der Waals surface area contributed by atoms with E-state index >= 15 is 0 Å². The lowest BCUT2D eigenvalue weighted by molar-refractivity contribution is -0.140. The van der Waals surface area contributed by atoms with Gasteiger partial charge in [0.25, 0.3) is 0 Å². The molecule has 0 aliphatic carbocycles. The van der Waals surface area contributed by atoms with Crippen molar-refractivity contribution in [2.75, 3.05) is 12.3 Å². The molecule has 0 aliphatic heterocycles. The van der Waals surface area contributed by atoms with Crippen LogP contribution in [0.1, 0.15) is 16.3 Å². The molecule has 0 saturated carbocycles. The number of nitrogens with one attached hydrogen (secondary N) is 1. The molecule has 1 heterocycles. The van der Waals surface area contributed by atoms with Crippen molar-refractivity contribution in [1.29, 1.82) is 0 Å². The Morgan fingerprint density at radius 3 is 2.55 bits per heavy atom. The fourth-order valence-electron chi connectivity index (χ4n) is 1.75. The summed E-state index contributed by atoms with van der Waals surface area (Å²) >= 11 is 0.937. The molecular weight excluding hydrogens is 315 g/mol. The Morgan fingerprint density at radius 2 is 1.95 bits per heavy atom. The van der Waals surface area contributed by atoms with E-state index in [0.717, 1.165) is 22.3 Å². The lowest BCUT2D eigenvalue weighted by Gasteiger charge is -2.04. The summed E-state index contributed by atoms with van der Waals surface area (Å²) in [4.78, 5) is 15.2. The number of benzene rings is 1. The minimum absolute atomic E-state index is 0.197. The molecule has 3 N–H and O–H groups in total. The average molecular weight is 329 g/mol. The molecule has 0 atom stereocenters. The predicted molar refractivity (Wildman–Crippen MR) is 78.4 cm³/mol. The summed E-state index contributed by atoms with van der Waals surface area (Å²) in [5, 5.41) is 3.98. The Hall–Kier alpha value is -2.09. The summed E-state index contributed by atoms with van der Waals surface area (Å²) in [6, 6.07) is 6.92. The molecule has 0 spiro atoms. The van der Waals surface area contributed by atoms with E-state index in [1.807, 2.05) is 0 Å². The third-order valence-corrected chi connectivity index (χ3v) is 3.76. The first-order valence-corrected chi connectivity index (χ1v) is 7.35. The topological polar surface area (TPSA) is 68.0 Å². The van der Waals surface area contributed by atoms with E-state index in [2.05, 4.69) is 10.3 Å². The largest absolute Gasteiger partial charge is 0.434 e. The molecule has 1 amide bonds. The highest BCUT2D eigenvalue weighted by molar-refractivity contribution is 7.09. The SMILES string of the molecule is Nc1ccc(CC(=O)NCCc2nc(C(F)(F)F)cs2)cc1. The van der Waals surface area contributed by atoms with Crippen LogP contribution in [0.2, 0.25) is 0 Å². The molecule has 0 aliphatic rings. The fraction of sp³-hybridized carbons (Fsp3) is 0.286. The lowest BCUT2D eigenvalue weighted by atomic mass is 10.1. The fourth-order valence-corrected chi connectivity index (χ4v) is 2.55. The maximum absolute atomic E-state index is 12.4. The quantitative estimate of drug-likeness (QED) is 0.829. The number of hydrogen-bond donors (Lipinski definition) is 2. The van der Waals surface area contributed by atoms with Crippen molar-refractivity contribution in [3.05, 3.63) is 45.9 Å². The summed E-state index contributed by atoms with van der Waals surface area (Å²) in [5.41, 5.74) is 6.10. The number of nitrogens with two attached hydrogens (primary N) is 1. The van der Waals surface area contributed by atoms with Crippen molar-refractivity contribution in [1.82, 2.24) is 10.3 Å². The Balaban J connectivity index is 1.77. The normalized spacial score (nSPS) is 11.4. The van der Waals surface area contributed by atoms with Crippen LogP contribution in [-0.4, -0.2) is 17.4 Å². The van der Waals surface area contributed by atoms with Gasteiger partial charge in [0.1, 0.15) is 0 Å². The number of alkyl halides is 3. The van der Waals surface area contributed by atoms with Gasteiger partial charge in [-0.2, -0.15) is 13.2 Å². The number of hydrogen-bond acceptors (Lipinski definition) is 4. The zero-order valence-corrected chi connectivity index (χ0v) is 12.3. The smallest absolute Gasteiger partial charge is 0.399 e. The minimum Gasteiger partial charge on any atom is -0.399 e. The molecule has 0 unspecified atom stereocenters. The van der Waals surface area contributed by atoms with Gasteiger partial charge in [-0.1, -0.05) is 12.1 Å². The molecule has 1 aromatic heterocycles. The van der Waals surface area contributed by atoms with E-state index in [9.17, 15) is 18.0 Å². The number of nitrogen functional groups attached to an aromatic ring is 1. The van der Waals surface area contributed by atoms with Crippen LogP contribution >= 0.6 is 11.3 Å². The van der Waals surface area contributed by atoms with Crippen LogP contribution in [0, 0.1) is 0 Å².